The lowest BCUT2D eigenvalue weighted by molar-refractivity contribution is -0.148. The molecule has 1 heterocycles. The summed E-state index contributed by atoms with van der Waals surface area (Å²) in [6.07, 6.45) is 0. The van der Waals surface area contributed by atoms with E-state index in [0.29, 0.717) is 5.75 Å². The van der Waals surface area contributed by atoms with E-state index in [1.165, 1.54) is 25.8 Å². The maximum atomic E-state index is 11.8. The fraction of sp³-hybridized carbons (Fsp3) is 0.615. The Labute approximate surface area is 127 Å². The van der Waals surface area contributed by atoms with Crippen molar-refractivity contribution in [2.45, 2.75) is 32.1 Å². The SMILES string of the molecule is COCC(C)(NC(=O)CSCc1c(C)noc1C)C(=O)O. The number of nitrogens with one attached hydrogen (secondary N) is 1. The van der Waals surface area contributed by atoms with Gasteiger partial charge in [-0.05, 0) is 20.8 Å². The molecule has 0 bridgehead atoms. The number of nitrogens with zero attached hydrogens (tertiary/aromatic N) is 1. The van der Waals surface area contributed by atoms with Gasteiger partial charge in [-0.25, -0.2) is 4.79 Å². The molecule has 0 spiro atoms. The van der Waals surface area contributed by atoms with Gasteiger partial charge < -0.3 is 19.7 Å². The number of hydrogen-bond donors (Lipinski definition) is 2. The molecule has 1 aromatic rings. The highest BCUT2D eigenvalue weighted by molar-refractivity contribution is 7.99. The summed E-state index contributed by atoms with van der Waals surface area (Å²) in [6, 6.07) is 0. The maximum absolute atomic E-state index is 11.8. The van der Waals surface area contributed by atoms with Gasteiger partial charge in [0.15, 0.2) is 5.54 Å². The number of aliphatic carboxylic acids is 1. The first-order valence-electron chi connectivity index (χ1n) is 6.33. The Morgan fingerprint density at radius 1 is 1.48 bits per heavy atom. The van der Waals surface area contributed by atoms with Gasteiger partial charge in [-0.1, -0.05) is 5.16 Å². The van der Waals surface area contributed by atoms with E-state index in [1.807, 2.05) is 13.8 Å². The molecule has 0 aliphatic heterocycles. The summed E-state index contributed by atoms with van der Waals surface area (Å²) in [5, 5.41) is 15.5. The van der Waals surface area contributed by atoms with Crippen molar-refractivity contribution >= 4 is 23.6 Å². The van der Waals surface area contributed by atoms with Crippen LogP contribution in [0.5, 0.6) is 0 Å². The van der Waals surface area contributed by atoms with Gasteiger partial charge in [-0.2, -0.15) is 0 Å². The third-order valence-corrected chi connectivity index (χ3v) is 3.94. The van der Waals surface area contributed by atoms with Crippen LogP contribution in [-0.2, 0) is 20.1 Å². The highest BCUT2D eigenvalue weighted by atomic mass is 32.2. The minimum atomic E-state index is -1.42. The highest BCUT2D eigenvalue weighted by Crippen LogP contribution is 2.19. The average Bonchev–Trinajstić information content (AvgIpc) is 2.70. The summed E-state index contributed by atoms with van der Waals surface area (Å²) in [6.45, 7) is 4.97. The Balaban J connectivity index is 2.49. The summed E-state index contributed by atoms with van der Waals surface area (Å²) in [5.74, 6) is -0.0171. The molecular formula is C13H20N2O5S. The second kappa shape index (κ2) is 7.46. The summed E-state index contributed by atoms with van der Waals surface area (Å²) < 4.78 is 9.88. The van der Waals surface area contributed by atoms with Crippen molar-refractivity contribution in [2.24, 2.45) is 0 Å². The van der Waals surface area contributed by atoms with E-state index in [4.69, 9.17) is 14.4 Å². The number of methoxy groups -OCH3 is 1. The van der Waals surface area contributed by atoms with Crippen LogP contribution in [-0.4, -0.2) is 47.1 Å². The van der Waals surface area contributed by atoms with Crippen LogP contribution in [0, 0.1) is 13.8 Å². The van der Waals surface area contributed by atoms with Gasteiger partial charge in [0.25, 0.3) is 0 Å². The van der Waals surface area contributed by atoms with E-state index in [-0.39, 0.29) is 18.3 Å². The summed E-state index contributed by atoms with van der Waals surface area (Å²) in [5.41, 5.74) is 0.343. The van der Waals surface area contributed by atoms with E-state index >= 15 is 0 Å². The van der Waals surface area contributed by atoms with Crippen molar-refractivity contribution in [3.8, 4) is 0 Å². The minimum Gasteiger partial charge on any atom is -0.479 e. The predicted octanol–water partition coefficient (Wildman–Crippen LogP) is 1.13. The Bertz CT molecular complexity index is 497. The Hall–Kier alpha value is -1.54. The molecule has 0 aliphatic carbocycles. The Morgan fingerprint density at radius 2 is 2.14 bits per heavy atom. The number of aryl methyl sites for hydroxylation is 2. The molecule has 7 nitrogen and oxygen atoms in total. The Kier molecular flexibility index (Phi) is 6.22. The second-order valence-electron chi connectivity index (χ2n) is 4.91. The largest absolute Gasteiger partial charge is 0.479 e. The van der Waals surface area contributed by atoms with E-state index in [1.54, 1.807) is 0 Å². The summed E-state index contributed by atoms with van der Waals surface area (Å²) >= 11 is 1.37. The van der Waals surface area contributed by atoms with Crippen LogP contribution < -0.4 is 5.32 Å². The molecule has 0 saturated heterocycles. The Morgan fingerprint density at radius 3 is 2.62 bits per heavy atom. The number of carboxylic acids is 1. The first-order valence-corrected chi connectivity index (χ1v) is 7.48. The van der Waals surface area contributed by atoms with Gasteiger partial charge in [0.2, 0.25) is 5.91 Å². The van der Waals surface area contributed by atoms with Crippen LogP contribution in [0.4, 0.5) is 0 Å². The molecule has 1 amide bonds. The molecular weight excluding hydrogens is 296 g/mol. The van der Waals surface area contributed by atoms with Gasteiger partial charge in [0.1, 0.15) is 5.76 Å². The zero-order valence-electron chi connectivity index (χ0n) is 12.6. The monoisotopic (exact) mass is 316 g/mol. The van der Waals surface area contributed by atoms with Gasteiger partial charge in [0, 0.05) is 18.4 Å². The molecule has 2 N–H and O–H groups in total. The number of rotatable bonds is 8. The molecule has 0 fully saturated rings. The molecule has 1 atom stereocenters. The van der Waals surface area contributed by atoms with Crippen LogP contribution >= 0.6 is 11.8 Å². The summed E-state index contributed by atoms with van der Waals surface area (Å²) in [4.78, 5) is 23.0. The summed E-state index contributed by atoms with van der Waals surface area (Å²) in [7, 11) is 1.39. The van der Waals surface area contributed by atoms with E-state index in [9.17, 15) is 9.59 Å². The van der Waals surface area contributed by atoms with Crippen LogP contribution in [0.15, 0.2) is 4.52 Å². The van der Waals surface area contributed by atoms with Crippen molar-refractivity contribution in [2.75, 3.05) is 19.5 Å². The predicted molar refractivity (Wildman–Crippen MR) is 78.2 cm³/mol. The smallest absolute Gasteiger partial charge is 0.331 e. The van der Waals surface area contributed by atoms with Crippen LogP contribution in [0.3, 0.4) is 0 Å². The van der Waals surface area contributed by atoms with E-state index in [0.717, 1.165) is 17.0 Å². The number of amides is 1. The average molecular weight is 316 g/mol. The zero-order valence-corrected chi connectivity index (χ0v) is 13.4. The van der Waals surface area contributed by atoms with Crippen molar-refractivity contribution in [1.29, 1.82) is 0 Å². The van der Waals surface area contributed by atoms with E-state index < -0.39 is 11.5 Å². The van der Waals surface area contributed by atoms with Crippen LogP contribution in [0.1, 0.15) is 23.9 Å². The quantitative estimate of drug-likeness (QED) is 0.741. The first kappa shape index (κ1) is 17.5. The van der Waals surface area contributed by atoms with Crippen LogP contribution in [0.25, 0.3) is 0 Å². The van der Waals surface area contributed by atoms with Crippen molar-refractivity contribution in [3.63, 3.8) is 0 Å². The molecule has 0 aromatic carbocycles. The zero-order chi connectivity index (χ0) is 16.0. The number of aromatic nitrogens is 1. The maximum Gasteiger partial charge on any atom is 0.331 e. The third kappa shape index (κ3) is 4.75. The topological polar surface area (TPSA) is 102 Å². The number of carboxylic acid groups (broad SMARTS) is 1. The van der Waals surface area contributed by atoms with E-state index in [2.05, 4.69) is 10.5 Å². The fourth-order valence-corrected chi connectivity index (χ4v) is 2.71. The highest BCUT2D eigenvalue weighted by Gasteiger charge is 2.34. The number of ether oxygens (including phenoxy) is 1. The van der Waals surface area contributed by atoms with Gasteiger partial charge in [0.05, 0.1) is 18.1 Å². The normalized spacial score (nSPS) is 13.7. The lowest BCUT2D eigenvalue weighted by Crippen LogP contribution is -2.55. The number of carbonyl (C=O) groups excluding carboxylic acids is 1. The lowest BCUT2D eigenvalue weighted by Gasteiger charge is -2.25. The molecule has 118 valence electrons. The third-order valence-electron chi connectivity index (χ3n) is 2.98. The molecule has 1 unspecified atom stereocenters. The van der Waals surface area contributed by atoms with Gasteiger partial charge in [-0.15, -0.1) is 11.8 Å². The van der Waals surface area contributed by atoms with Crippen molar-refractivity contribution < 1.29 is 24.0 Å². The number of carbonyl (C=O) groups is 2. The molecule has 0 aliphatic rings. The standard InChI is InChI=1S/C13H20N2O5S/c1-8-10(9(2)20-15-8)5-21-6-11(16)14-13(3,7-19-4)12(17)18/h5-7H2,1-4H3,(H,14,16)(H,17,18). The first-order chi connectivity index (χ1) is 9.80. The molecule has 0 radical (unpaired) electrons. The molecule has 8 heteroatoms. The molecule has 1 rings (SSSR count). The minimum absolute atomic E-state index is 0.0946. The fourth-order valence-electron chi connectivity index (χ4n) is 1.74. The number of thioether (sulfide) groups is 1. The van der Waals surface area contributed by atoms with Crippen molar-refractivity contribution in [1.82, 2.24) is 10.5 Å². The van der Waals surface area contributed by atoms with Gasteiger partial charge >= 0.3 is 5.97 Å². The molecule has 0 saturated carbocycles. The van der Waals surface area contributed by atoms with Crippen molar-refractivity contribution in [3.05, 3.63) is 17.0 Å². The van der Waals surface area contributed by atoms with Gasteiger partial charge in [-0.3, -0.25) is 4.79 Å². The molecule has 21 heavy (non-hydrogen) atoms. The number of hydrogen-bond acceptors (Lipinski definition) is 6. The lowest BCUT2D eigenvalue weighted by atomic mass is 10.0. The van der Waals surface area contributed by atoms with Crippen LogP contribution in [0.2, 0.25) is 0 Å². The molecule has 1 aromatic heterocycles. The second-order valence-corrected chi connectivity index (χ2v) is 5.90.